The van der Waals surface area contributed by atoms with Gasteiger partial charge >= 0.3 is 0 Å². The lowest BCUT2D eigenvalue weighted by Crippen LogP contribution is -2.45. The van der Waals surface area contributed by atoms with Gasteiger partial charge in [0, 0.05) is 50.9 Å². The van der Waals surface area contributed by atoms with Crippen molar-refractivity contribution >= 4 is 17.1 Å². The fourth-order valence-corrected chi connectivity index (χ4v) is 5.84. The predicted molar refractivity (Wildman–Crippen MR) is 171 cm³/mol. The number of hydrogen-bond donors (Lipinski definition) is 3. The summed E-state index contributed by atoms with van der Waals surface area (Å²) >= 11 is 0. The van der Waals surface area contributed by atoms with Gasteiger partial charge in [-0.3, -0.25) is 15.2 Å². The average Bonchev–Trinajstić information content (AvgIpc) is 3.47. The number of fused-ring (bicyclic) bond motifs is 1. The average molecular weight is 565 g/mol. The van der Waals surface area contributed by atoms with Crippen molar-refractivity contribution in [1.82, 2.24) is 25.8 Å². The maximum absolute atomic E-state index is 6.52. The molecule has 1 unspecified atom stereocenters. The number of nitrogens with one attached hydrogen (secondary N) is 3. The normalized spacial score (nSPS) is 19.5. The summed E-state index contributed by atoms with van der Waals surface area (Å²) in [4.78, 5) is 9.07. The number of likely N-dealkylation sites (tertiary alicyclic amines) is 1. The highest BCUT2D eigenvalue weighted by atomic mass is 16.5. The lowest BCUT2D eigenvalue weighted by molar-refractivity contribution is 0.0374. The minimum atomic E-state index is 0.196. The van der Waals surface area contributed by atoms with E-state index in [2.05, 4.69) is 94.0 Å². The Hall–Kier alpha value is -2.65. The Bertz CT molecular complexity index is 1110. The lowest BCUT2D eigenvalue weighted by atomic mass is 10.0. The van der Waals surface area contributed by atoms with Gasteiger partial charge in [0.15, 0.2) is 0 Å². The second-order valence-corrected chi connectivity index (χ2v) is 11.6. The number of benzene rings is 2. The van der Waals surface area contributed by atoms with E-state index in [-0.39, 0.29) is 6.17 Å². The van der Waals surface area contributed by atoms with Crippen molar-refractivity contribution < 1.29 is 9.47 Å². The molecule has 0 amide bonds. The standard InChI is InChI=1S/C33H52N6O2/c1-26(2)33(37-25-34-4)36-16-14-27(3)39-18-7-9-29(39)24-41-32-13-12-28(30-10-5-6-11-31(30)32)23-35-15-8-17-38-19-21-40-22-20-38/h5-6,10-14,25-26,29,33,35-36H,7-9,15-24H2,1-4H3,(H,34,37)/b27-14+/t29-,33?/m1/s1. The molecule has 2 saturated heterocycles. The Balaban J connectivity index is 1.29. The summed E-state index contributed by atoms with van der Waals surface area (Å²) in [6.07, 6.45) is 7.78. The first-order chi connectivity index (χ1) is 20.1. The molecule has 0 radical (unpaired) electrons. The monoisotopic (exact) mass is 564 g/mol. The molecule has 2 fully saturated rings. The van der Waals surface area contributed by atoms with E-state index < -0.39 is 0 Å². The van der Waals surface area contributed by atoms with E-state index >= 15 is 0 Å². The SMILES string of the molecule is CN=CNC(NC/C=C(\C)N1CCC[C@@H]1COc1ccc(CNCCCN2CCOCC2)c2ccccc12)C(C)C. The second kappa shape index (κ2) is 16.7. The van der Waals surface area contributed by atoms with Crippen molar-refractivity contribution in [3.63, 3.8) is 0 Å². The van der Waals surface area contributed by atoms with Crippen LogP contribution in [0.4, 0.5) is 0 Å². The van der Waals surface area contributed by atoms with E-state index in [1.807, 2.05) is 0 Å². The molecule has 4 rings (SSSR count). The van der Waals surface area contributed by atoms with Crippen LogP contribution < -0.4 is 20.7 Å². The maximum atomic E-state index is 6.52. The number of ether oxygens (including phenoxy) is 2. The Morgan fingerprint density at radius 2 is 1.93 bits per heavy atom. The molecule has 41 heavy (non-hydrogen) atoms. The van der Waals surface area contributed by atoms with Crippen LogP contribution in [0.5, 0.6) is 5.75 Å². The van der Waals surface area contributed by atoms with Crippen molar-refractivity contribution in [2.24, 2.45) is 10.9 Å². The molecule has 2 aliphatic heterocycles. The summed E-state index contributed by atoms with van der Waals surface area (Å²) in [6.45, 7) is 16.1. The zero-order valence-electron chi connectivity index (χ0n) is 25.7. The van der Waals surface area contributed by atoms with Gasteiger partial charge in [-0.1, -0.05) is 50.3 Å². The number of allylic oxidation sites excluding steroid dienone is 1. The summed E-state index contributed by atoms with van der Waals surface area (Å²) in [6, 6.07) is 13.4. The van der Waals surface area contributed by atoms with Crippen molar-refractivity contribution in [1.29, 1.82) is 0 Å². The van der Waals surface area contributed by atoms with Crippen molar-refractivity contribution in [3.05, 3.63) is 53.7 Å². The van der Waals surface area contributed by atoms with E-state index in [0.717, 1.165) is 77.6 Å². The van der Waals surface area contributed by atoms with Crippen molar-refractivity contribution in [2.75, 3.05) is 66.1 Å². The van der Waals surface area contributed by atoms with Gasteiger partial charge in [-0.05, 0) is 62.2 Å². The van der Waals surface area contributed by atoms with Crippen LogP contribution in [0.25, 0.3) is 10.8 Å². The zero-order chi connectivity index (χ0) is 28.9. The van der Waals surface area contributed by atoms with E-state index in [1.165, 1.54) is 28.5 Å². The van der Waals surface area contributed by atoms with Crippen molar-refractivity contribution in [2.45, 2.75) is 58.8 Å². The Labute approximate surface area is 247 Å². The van der Waals surface area contributed by atoms with Gasteiger partial charge in [0.05, 0.1) is 31.8 Å². The van der Waals surface area contributed by atoms with Crippen LogP contribution in [0.15, 0.2) is 53.2 Å². The van der Waals surface area contributed by atoms with Crippen LogP contribution in [0.2, 0.25) is 0 Å². The van der Waals surface area contributed by atoms with Crippen LogP contribution in [0.3, 0.4) is 0 Å². The molecule has 2 aromatic rings. The molecule has 0 bridgehead atoms. The van der Waals surface area contributed by atoms with Gasteiger partial charge in [0.25, 0.3) is 0 Å². The van der Waals surface area contributed by atoms with Gasteiger partial charge in [-0.2, -0.15) is 0 Å². The number of morpholine rings is 1. The van der Waals surface area contributed by atoms with Crippen LogP contribution in [0, 0.1) is 5.92 Å². The molecule has 0 aromatic heterocycles. The zero-order valence-corrected chi connectivity index (χ0v) is 25.7. The van der Waals surface area contributed by atoms with Gasteiger partial charge in [0.2, 0.25) is 0 Å². The van der Waals surface area contributed by atoms with Crippen molar-refractivity contribution in [3.8, 4) is 5.75 Å². The fourth-order valence-electron chi connectivity index (χ4n) is 5.84. The summed E-state index contributed by atoms with van der Waals surface area (Å²) in [7, 11) is 1.79. The number of hydrogen-bond acceptors (Lipinski definition) is 7. The third-order valence-electron chi connectivity index (χ3n) is 8.27. The molecule has 2 aliphatic rings. The Morgan fingerprint density at radius 1 is 1.12 bits per heavy atom. The minimum Gasteiger partial charge on any atom is -0.491 e. The molecule has 226 valence electrons. The summed E-state index contributed by atoms with van der Waals surface area (Å²) in [5, 5.41) is 13.1. The van der Waals surface area contributed by atoms with E-state index in [4.69, 9.17) is 9.47 Å². The molecule has 0 saturated carbocycles. The number of aliphatic imine (C=N–C) groups is 1. The highest BCUT2D eigenvalue weighted by molar-refractivity contribution is 5.91. The summed E-state index contributed by atoms with van der Waals surface area (Å²) in [5.74, 6) is 1.45. The summed E-state index contributed by atoms with van der Waals surface area (Å²) in [5.41, 5.74) is 2.64. The van der Waals surface area contributed by atoms with Crippen LogP contribution in [0.1, 0.15) is 45.6 Å². The topological polar surface area (TPSA) is 73.4 Å². The number of rotatable bonds is 16. The molecule has 8 nitrogen and oxygen atoms in total. The molecular formula is C33H52N6O2. The molecule has 0 spiro atoms. The van der Waals surface area contributed by atoms with E-state index in [9.17, 15) is 0 Å². The van der Waals surface area contributed by atoms with Gasteiger partial charge in [0.1, 0.15) is 12.4 Å². The van der Waals surface area contributed by atoms with Crippen LogP contribution in [-0.2, 0) is 11.3 Å². The van der Waals surface area contributed by atoms with Crippen LogP contribution in [-0.4, -0.2) is 94.5 Å². The third-order valence-corrected chi connectivity index (χ3v) is 8.27. The molecule has 2 heterocycles. The molecular weight excluding hydrogens is 512 g/mol. The lowest BCUT2D eigenvalue weighted by Gasteiger charge is -2.28. The van der Waals surface area contributed by atoms with Gasteiger partial charge < -0.3 is 25.0 Å². The maximum Gasteiger partial charge on any atom is 0.127 e. The van der Waals surface area contributed by atoms with Gasteiger partial charge in [-0.25, -0.2) is 0 Å². The highest BCUT2D eigenvalue weighted by Crippen LogP contribution is 2.30. The minimum absolute atomic E-state index is 0.196. The Kier molecular flexibility index (Phi) is 12.8. The molecule has 3 N–H and O–H groups in total. The van der Waals surface area contributed by atoms with E-state index in [0.29, 0.717) is 18.6 Å². The quantitative estimate of drug-likeness (QED) is 0.122. The largest absolute Gasteiger partial charge is 0.491 e. The first kappa shape index (κ1) is 31.3. The number of nitrogens with zero attached hydrogens (tertiary/aromatic N) is 3. The fraction of sp³-hybridized carbons (Fsp3) is 0.606. The molecule has 0 aliphatic carbocycles. The second-order valence-electron chi connectivity index (χ2n) is 11.6. The molecule has 2 atom stereocenters. The van der Waals surface area contributed by atoms with Crippen LogP contribution >= 0.6 is 0 Å². The highest BCUT2D eigenvalue weighted by Gasteiger charge is 2.25. The Morgan fingerprint density at radius 3 is 2.71 bits per heavy atom. The smallest absolute Gasteiger partial charge is 0.127 e. The first-order valence-electron chi connectivity index (χ1n) is 15.5. The summed E-state index contributed by atoms with van der Waals surface area (Å²) < 4.78 is 12.0. The van der Waals surface area contributed by atoms with E-state index in [1.54, 1.807) is 13.4 Å². The first-order valence-corrected chi connectivity index (χ1v) is 15.5. The predicted octanol–water partition coefficient (Wildman–Crippen LogP) is 4.22. The van der Waals surface area contributed by atoms with Gasteiger partial charge in [-0.15, -0.1) is 0 Å². The third kappa shape index (κ3) is 9.43. The molecule has 2 aromatic carbocycles. The molecule has 8 heteroatoms.